The Bertz CT molecular complexity index is 149. The molecule has 1 saturated carbocycles. The summed E-state index contributed by atoms with van der Waals surface area (Å²) in [6.07, 6.45) is 9.72. The summed E-state index contributed by atoms with van der Waals surface area (Å²) in [6, 6.07) is 0. The molecule has 2 atom stereocenters. The molecule has 1 aliphatic rings. The van der Waals surface area contributed by atoms with Crippen LogP contribution in [0.25, 0.3) is 0 Å². The lowest BCUT2D eigenvalue weighted by atomic mass is 9.89. The van der Waals surface area contributed by atoms with Crippen LogP contribution in [0.1, 0.15) is 51.9 Å². The highest BCUT2D eigenvalue weighted by atomic mass is 16.5. The molecule has 1 N–H and O–H groups in total. The molecule has 1 aliphatic carbocycles. The molecule has 15 heavy (non-hydrogen) atoms. The lowest BCUT2D eigenvalue weighted by Gasteiger charge is -2.26. The van der Waals surface area contributed by atoms with Crippen molar-refractivity contribution in [3.8, 4) is 0 Å². The van der Waals surface area contributed by atoms with Crippen LogP contribution in [-0.4, -0.2) is 26.3 Å². The number of rotatable bonds is 7. The molecule has 1 fully saturated rings. The maximum atomic E-state index is 5.91. The van der Waals surface area contributed by atoms with E-state index in [0.717, 1.165) is 19.1 Å². The Morgan fingerprint density at radius 2 is 2.07 bits per heavy atom. The Hall–Kier alpha value is -0.0800. The summed E-state index contributed by atoms with van der Waals surface area (Å²) in [5.74, 6) is 0.882. The molecule has 0 aromatic heterocycles. The van der Waals surface area contributed by atoms with Crippen LogP contribution in [0.2, 0.25) is 0 Å². The molecule has 2 unspecified atom stereocenters. The summed E-state index contributed by atoms with van der Waals surface area (Å²) in [7, 11) is 2.01. The molecule has 90 valence electrons. The standard InChI is InChI=1S/C13H27NO/c1-12-7-6-8-13(11-12)15-10-5-3-4-9-14-2/h12-14H,3-11H2,1-2H3. The van der Waals surface area contributed by atoms with Crippen molar-refractivity contribution in [1.82, 2.24) is 5.32 Å². The molecule has 0 amide bonds. The van der Waals surface area contributed by atoms with Gasteiger partial charge in [-0.25, -0.2) is 0 Å². The normalized spacial score (nSPS) is 26.8. The van der Waals surface area contributed by atoms with E-state index < -0.39 is 0 Å². The zero-order valence-electron chi connectivity index (χ0n) is 10.4. The predicted octanol–water partition coefficient (Wildman–Crippen LogP) is 2.97. The highest BCUT2D eigenvalue weighted by Gasteiger charge is 2.18. The Labute approximate surface area is 94.8 Å². The maximum absolute atomic E-state index is 5.91. The number of unbranched alkanes of at least 4 members (excludes halogenated alkanes) is 2. The molecular formula is C13H27NO. The molecular weight excluding hydrogens is 186 g/mol. The van der Waals surface area contributed by atoms with Gasteiger partial charge < -0.3 is 10.1 Å². The van der Waals surface area contributed by atoms with Gasteiger partial charge in [-0.3, -0.25) is 0 Å². The van der Waals surface area contributed by atoms with E-state index in [1.807, 2.05) is 7.05 Å². The molecule has 0 aromatic carbocycles. The van der Waals surface area contributed by atoms with Crippen molar-refractivity contribution in [2.45, 2.75) is 58.0 Å². The van der Waals surface area contributed by atoms with Crippen LogP contribution in [0.5, 0.6) is 0 Å². The smallest absolute Gasteiger partial charge is 0.0577 e. The molecule has 1 rings (SSSR count). The molecule has 0 aliphatic heterocycles. The SMILES string of the molecule is CNCCCCCOC1CCCC(C)C1. The van der Waals surface area contributed by atoms with E-state index in [4.69, 9.17) is 4.74 Å². The molecule has 0 saturated heterocycles. The molecule has 2 heteroatoms. The van der Waals surface area contributed by atoms with E-state index in [1.54, 1.807) is 0 Å². The largest absolute Gasteiger partial charge is 0.378 e. The predicted molar refractivity (Wildman–Crippen MR) is 65.1 cm³/mol. The minimum Gasteiger partial charge on any atom is -0.378 e. The first-order chi connectivity index (χ1) is 7.33. The van der Waals surface area contributed by atoms with E-state index in [1.165, 1.54) is 44.9 Å². The quantitative estimate of drug-likeness (QED) is 0.656. The minimum absolute atomic E-state index is 0.568. The van der Waals surface area contributed by atoms with E-state index in [2.05, 4.69) is 12.2 Å². The van der Waals surface area contributed by atoms with E-state index in [9.17, 15) is 0 Å². The minimum atomic E-state index is 0.568. The van der Waals surface area contributed by atoms with Gasteiger partial charge >= 0.3 is 0 Å². The zero-order valence-corrected chi connectivity index (χ0v) is 10.4. The van der Waals surface area contributed by atoms with E-state index in [0.29, 0.717) is 6.10 Å². The van der Waals surface area contributed by atoms with Crippen LogP contribution in [0.15, 0.2) is 0 Å². The fourth-order valence-electron chi connectivity index (χ4n) is 2.36. The van der Waals surface area contributed by atoms with Crippen molar-refractivity contribution >= 4 is 0 Å². The van der Waals surface area contributed by atoms with Gasteiger partial charge in [0.25, 0.3) is 0 Å². The van der Waals surface area contributed by atoms with Crippen LogP contribution in [0.3, 0.4) is 0 Å². The molecule has 2 nitrogen and oxygen atoms in total. The van der Waals surface area contributed by atoms with Gasteiger partial charge in [-0.2, -0.15) is 0 Å². The van der Waals surface area contributed by atoms with Crippen molar-refractivity contribution in [2.24, 2.45) is 5.92 Å². The van der Waals surface area contributed by atoms with Crippen LogP contribution in [-0.2, 0) is 4.74 Å². The van der Waals surface area contributed by atoms with Gasteiger partial charge in [0.2, 0.25) is 0 Å². The van der Waals surface area contributed by atoms with Gasteiger partial charge in [0.1, 0.15) is 0 Å². The lowest BCUT2D eigenvalue weighted by molar-refractivity contribution is 0.0138. The number of nitrogens with one attached hydrogen (secondary N) is 1. The molecule has 0 spiro atoms. The van der Waals surface area contributed by atoms with E-state index in [-0.39, 0.29) is 0 Å². The third kappa shape index (κ3) is 6.16. The second kappa shape index (κ2) is 8.12. The van der Waals surface area contributed by atoms with Gasteiger partial charge in [0.15, 0.2) is 0 Å². The first-order valence-electron chi connectivity index (χ1n) is 6.59. The van der Waals surface area contributed by atoms with Crippen molar-refractivity contribution in [1.29, 1.82) is 0 Å². The molecule has 0 heterocycles. The second-order valence-electron chi connectivity index (χ2n) is 4.93. The summed E-state index contributed by atoms with van der Waals surface area (Å²) in [4.78, 5) is 0. The molecule has 0 aromatic rings. The van der Waals surface area contributed by atoms with Crippen molar-refractivity contribution in [2.75, 3.05) is 20.2 Å². The summed E-state index contributed by atoms with van der Waals surface area (Å²) in [5, 5.41) is 3.17. The van der Waals surface area contributed by atoms with Gasteiger partial charge in [-0.1, -0.05) is 19.8 Å². The average molecular weight is 213 g/mol. The number of ether oxygens (including phenoxy) is 1. The first kappa shape index (κ1) is 13.0. The average Bonchev–Trinajstić information content (AvgIpc) is 2.23. The first-order valence-corrected chi connectivity index (χ1v) is 6.59. The lowest BCUT2D eigenvalue weighted by Crippen LogP contribution is -2.21. The van der Waals surface area contributed by atoms with Gasteiger partial charge in [0, 0.05) is 6.61 Å². The fourth-order valence-corrected chi connectivity index (χ4v) is 2.36. The number of hydrogen-bond acceptors (Lipinski definition) is 2. The third-order valence-corrected chi connectivity index (χ3v) is 3.31. The Kier molecular flexibility index (Phi) is 7.03. The van der Waals surface area contributed by atoms with Gasteiger partial charge in [-0.15, -0.1) is 0 Å². The Balaban J connectivity index is 1.90. The summed E-state index contributed by atoms with van der Waals surface area (Å²) >= 11 is 0. The summed E-state index contributed by atoms with van der Waals surface area (Å²) in [5.41, 5.74) is 0. The topological polar surface area (TPSA) is 21.3 Å². The monoisotopic (exact) mass is 213 g/mol. The highest BCUT2D eigenvalue weighted by molar-refractivity contribution is 4.70. The van der Waals surface area contributed by atoms with Crippen LogP contribution >= 0.6 is 0 Å². The molecule has 0 bridgehead atoms. The van der Waals surface area contributed by atoms with Crippen LogP contribution in [0, 0.1) is 5.92 Å². The number of hydrogen-bond donors (Lipinski definition) is 1. The van der Waals surface area contributed by atoms with Gasteiger partial charge in [-0.05, 0) is 51.6 Å². The second-order valence-corrected chi connectivity index (χ2v) is 4.93. The van der Waals surface area contributed by atoms with Crippen LogP contribution < -0.4 is 5.32 Å². The van der Waals surface area contributed by atoms with Gasteiger partial charge in [0.05, 0.1) is 6.10 Å². The third-order valence-electron chi connectivity index (χ3n) is 3.31. The van der Waals surface area contributed by atoms with E-state index >= 15 is 0 Å². The Morgan fingerprint density at radius 1 is 1.20 bits per heavy atom. The fraction of sp³-hybridized carbons (Fsp3) is 1.00. The molecule has 0 radical (unpaired) electrons. The van der Waals surface area contributed by atoms with Crippen LogP contribution in [0.4, 0.5) is 0 Å². The van der Waals surface area contributed by atoms with Crippen molar-refractivity contribution in [3.05, 3.63) is 0 Å². The summed E-state index contributed by atoms with van der Waals surface area (Å²) < 4.78 is 5.91. The Morgan fingerprint density at radius 3 is 2.80 bits per heavy atom. The van der Waals surface area contributed by atoms with Crippen molar-refractivity contribution in [3.63, 3.8) is 0 Å². The van der Waals surface area contributed by atoms with Crippen molar-refractivity contribution < 1.29 is 4.74 Å². The zero-order chi connectivity index (χ0) is 10.9. The summed E-state index contributed by atoms with van der Waals surface area (Å²) in [6.45, 7) is 4.46. The highest BCUT2D eigenvalue weighted by Crippen LogP contribution is 2.25. The maximum Gasteiger partial charge on any atom is 0.0577 e.